The lowest BCUT2D eigenvalue weighted by atomic mass is 9.62. The molecule has 0 radical (unpaired) electrons. The summed E-state index contributed by atoms with van der Waals surface area (Å²) in [5.74, 6) is 1.85. The maximum absolute atomic E-state index is 12.4. The Morgan fingerprint density at radius 1 is 1.21 bits per heavy atom. The number of hydrogen-bond acceptors (Lipinski definition) is 3. The van der Waals surface area contributed by atoms with Crippen LogP contribution < -0.4 is 0 Å². The molecular formula is C25H36O3. The third kappa shape index (κ3) is 4.50. The van der Waals surface area contributed by atoms with Crippen LogP contribution in [0.4, 0.5) is 0 Å². The Balaban J connectivity index is 1.58. The van der Waals surface area contributed by atoms with Gasteiger partial charge in [0, 0.05) is 19.3 Å². The first-order valence-corrected chi connectivity index (χ1v) is 11.1. The second-order valence-electron chi connectivity index (χ2n) is 9.48. The van der Waals surface area contributed by atoms with E-state index in [9.17, 15) is 9.59 Å². The highest BCUT2D eigenvalue weighted by molar-refractivity contribution is 5.83. The van der Waals surface area contributed by atoms with Crippen LogP contribution in [0.25, 0.3) is 0 Å². The van der Waals surface area contributed by atoms with Crippen molar-refractivity contribution in [2.24, 2.45) is 23.2 Å². The molecule has 0 heterocycles. The van der Waals surface area contributed by atoms with Crippen LogP contribution in [0.2, 0.25) is 0 Å². The molecule has 3 heteroatoms. The number of esters is 1. The molecule has 2 saturated carbocycles. The van der Waals surface area contributed by atoms with Crippen molar-refractivity contribution in [3.8, 4) is 0 Å². The number of carbonyl (C=O) groups is 2. The van der Waals surface area contributed by atoms with Crippen LogP contribution in [-0.4, -0.2) is 11.8 Å². The summed E-state index contributed by atoms with van der Waals surface area (Å²) in [4.78, 5) is 24.0. The zero-order valence-corrected chi connectivity index (χ0v) is 18.0. The summed E-state index contributed by atoms with van der Waals surface area (Å²) < 4.78 is 5.62. The van der Waals surface area contributed by atoms with E-state index in [-0.39, 0.29) is 17.5 Å². The van der Waals surface area contributed by atoms with Crippen molar-refractivity contribution in [2.75, 3.05) is 0 Å². The highest BCUT2D eigenvalue weighted by Gasteiger charge is 2.52. The number of carbonyl (C=O) groups excluding carboxylic acids is 2. The molecule has 154 valence electrons. The minimum atomic E-state index is -0.217. The second-order valence-corrected chi connectivity index (χ2v) is 9.48. The third-order valence-electron chi connectivity index (χ3n) is 7.51. The molecule has 2 aliphatic rings. The molecule has 0 N–H and O–H groups in total. The first-order chi connectivity index (χ1) is 13.3. The van der Waals surface area contributed by atoms with Crippen LogP contribution in [0.5, 0.6) is 0 Å². The SMILES string of the molecule is CC(=O)OC(CCCC(C)C1CCC2C(=O)CCCC21C)c1ccc(C)cc1. The quantitative estimate of drug-likeness (QED) is 0.526. The molecule has 3 rings (SSSR count). The van der Waals surface area contributed by atoms with Gasteiger partial charge in [-0.25, -0.2) is 0 Å². The fourth-order valence-electron chi connectivity index (χ4n) is 6.01. The minimum absolute atomic E-state index is 0.159. The average molecular weight is 385 g/mol. The highest BCUT2D eigenvalue weighted by atomic mass is 16.5. The average Bonchev–Trinajstić information content (AvgIpc) is 2.99. The van der Waals surface area contributed by atoms with Gasteiger partial charge in [0.25, 0.3) is 0 Å². The Labute approximate surface area is 170 Å². The van der Waals surface area contributed by atoms with Crippen molar-refractivity contribution in [2.45, 2.75) is 85.2 Å². The summed E-state index contributed by atoms with van der Waals surface area (Å²) in [5, 5.41) is 0. The van der Waals surface area contributed by atoms with Gasteiger partial charge in [0.1, 0.15) is 11.9 Å². The molecule has 0 aromatic heterocycles. The molecule has 3 nitrogen and oxygen atoms in total. The summed E-state index contributed by atoms with van der Waals surface area (Å²) in [5.41, 5.74) is 2.50. The number of fused-ring (bicyclic) bond motifs is 1. The molecule has 0 spiro atoms. The lowest BCUT2D eigenvalue weighted by Gasteiger charge is -2.42. The van der Waals surface area contributed by atoms with Crippen molar-refractivity contribution in [3.05, 3.63) is 35.4 Å². The smallest absolute Gasteiger partial charge is 0.303 e. The van der Waals surface area contributed by atoms with E-state index < -0.39 is 0 Å². The predicted molar refractivity (Wildman–Crippen MR) is 112 cm³/mol. The van der Waals surface area contributed by atoms with E-state index in [2.05, 4.69) is 45.0 Å². The first-order valence-electron chi connectivity index (χ1n) is 11.1. The van der Waals surface area contributed by atoms with E-state index >= 15 is 0 Å². The second kappa shape index (κ2) is 8.80. The lowest BCUT2D eigenvalue weighted by molar-refractivity contribution is -0.147. The molecule has 2 aliphatic carbocycles. The zero-order chi connectivity index (χ0) is 20.3. The Hall–Kier alpha value is -1.64. The van der Waals surface area contributed by atoms with Crippen molar-refractivity contribution in [1.82, 2.24) is 0 Å². The lowest BCUT2D eigenvalue weighted by Crippen LogP contribution is -2.39. The number of Topliss-reactive ketones (excluding diaryl/α,β-unsaturated/α-hetero) is 1. The Bertz CT molecular complexity index is 692. The van der Waals surface area contributed by atoms with Crippen molar-refractivity contribution < 1.29 is 14.3 Å². The molecule has 0 amide bonds. The number of ether oxygens (including phenoxy) is 1. The molecule has 0 saturated heterocycles. The van der Waals surface area contributed by atoms with Crippen LogP contribution in [0, 0.1) is 30.1 Å². The van der Waals surface area contributed by atoms with Crippen LogP contribution >= 0.6 is 0 Å². The van der Waals surface area contributed by atoms with E-state index in [1.165, 1.54) is 25.3 Å². The van der Waals surface area contributed by atoms with Gasteiger partial charge < -0.3 is 4.74 Å². The van der Waals surface area contributed by atoms with E-state index in [4.69, 9.17) is 4.74 Å². The summed E-state index contributed by atoms with van der Waals surface area (Å²) >= 11 is 0. The number of benzene rings is 1. The molecular weight excluding hydrogens is 348 g/mol. The molecule has 1 aromatic carbocycles. The number of rotatable bonds is 7. The van der Waals surface area contributed by atoms with Crippen LogP contribution in [-0.2, 0) is 14.3 Å². The topological polar surface area (TPSA) is 43.4 Å². The van der Waals surface area contributed by atoms with E-state index in [1.807, 2.05) is 0 Å². The van der Waals surface area contributed by atoms with E-state index in [0.717, 1.165) is 44.1 Å². The molecule has 5 unspecified atom stereocenters. The Morgan fingerprint density at radius 3 is 2.61 bits per heavy atom. The summed E-state index contributed by atoms with van der Waals surface area (Å²) in [6.07, 6.45) is 8.22. The van der Waals surface area contributed by atoms with Gasteiger partial charge in [0.15, 0.2) is 0 Å². The summed E-state index contributed by atoms with van der Waals surface area (Å²) in [6, 6.07) is 8.30. The van der Waals surface area contributed by atoms with E-state index in [1.54, 1.807) is 0 Å². The van der Waals surface area contributed by atoms with Crippen molar-refractivity contribution in [3.63, 3.8) is 0 Å². The standard InChI is InChI=1S/C25H36O3/c1-17-10-12-20(13-11-17)24(28-19(3)26)9-5-7-18(2)21-14-15-22-23(27)8-6-16-25(21,22)4/h10-13,18,21-22,24H,5-9,14-16H2,1-4H3. The Kier molecular flexibility index (Phi) is 6.62. The predicted octanol–water partition coefficient (Wildman–Crippen LogP) is 6.19. The van der Waals surface area contributed by atoms with Gasteiger partial charge in [-0.2, -0.15) is 0 Å². The van der Waals surface area contributed by atoms with Gasteiger partial charge in [-0.15, -0.1) is 0 Å². The fourth-order valence-corrected chi connectivity index (χ4v) is 6.01. The number of ketones is 1. The molecule has 5 atom stereocenters. The molecule has 1 aromatic rings. The van der Waals surface area contributed by atoms with Gasteiger partial charge in [-0.05, 0) is 68.3 Å². The minimum Gasteiger partial charge on any atom is -0.458 e. The van der Waals surface area contributed by atoms with Crippen molar-refractivity contribution >= 4 is 11.8 Å². The maximum atomic E-state index is 12.4. The van der Waals surface area contributed by atoms with Gasteiger partial charge in [0.05, 0.1) is 0 Å². The van der Waals surface area contributed by atoms with Gasteiger partial charge in [-0.3, -0.25) is 9.59 Å². The Morgan fingerprint density at radius 2 is 1.93 bits per heavy atom. The van der Waals surface area contributed by atoms with Gasteiger partial charge in [-0.1, -0.05) is 50.1 Å². The highest BCUT2D eigenvalue weighted by Crippen LogP contribution is 2.57. The normalized spacial score (nSPS) is 29.2. The molecule has 0 bridgehead atoms. The monoisotopic (exact) mass is 384 g/mol. The van der Waals surface area contributed by atoms with Gasteiger partial charge >= 0.3 is 5.97 Å². The van der Waals surface area contributed by atoms with Crippen LogP contribution in [0.15, 0.2) is 24.3 Å². The maximum Gasteiger partial charge on any atom is 0.303 e. The van der Waals surface area contributed by atoms with Crippen LogP contribution in [0.1, 0.15) is 89.4 Å². The largest absolute Gasteiger partial charge is 0.458 e. The van der Waals surface area contributed by atoms with E-state index in [0.29, 0.717) is 23.5 Å². The summed E-state index contributed by atoms with van der Waals surface area (Å²) in [6.45, 7) is 8.29. The fraction of sp³-hybridized carbons (Fsp3) is 0.680. The van der Waals surface area contributed by atoms with Crippen molar-refractivity contribution in [1.29, 1.82) is 0 Å². The number of aryl methyl sites for hydroxylation is 1. The molecule has 0 aliphatic heterocycles. The molecule has 2 fully saturated rings. The molecule has 28 heavy (non-hydrogen) atoms. The number of hydrogen-bond donors (Lipinski definition) is 0. The van der Waals surface area contributed by atoms with Crippen LogP contribution in [0.3, 0.4) is 0 Å². The third-order valence-corrected chi connectivity index (χ3v) is 7.51. The van der Waals surface area contributed by atoms with Gasteiger partial charge in [0.2, 0.25) is 0 Å². The zero-order valence-electron chi connectivity index (χ0n) is 18.0. The summed E-state index contributed by atoms with van der Waals surface area (Å²) in [7, 11) is 0. The first kappa shape index (κ1) is 21.1.